The third kappa shape index (κ3) is 3.86. The van der Waals surface area contributed by atoms with E-state index in [2.05, 4.69) is 22.2 Å². The number of rotatable bonds is 6. The molecule has 1 aliphatic heterocycles. The third-order valence-electron chi connectivity index (χ3n) is 7.17. The summed E-state index contributed by atoms with van der Waals surface area (Å²) in [7, 11) is 0. The van der Waals surface area contributed by atoms with Crippen LogP contribution in [0.4, 0.5) is 11.6 Å². The Labute approximate surface area is 199 Å². The van der Waals surface area contributed by atoms with Crippen molar-refractivity contribution in [3.8, 4) is 5.88 Å². The number of carbonyl (C=O) groups is 1. The summed E-state index contributed by atoms with van der Waals surface area (Å²) in [6.45, 7) is 10.0. The van der Waals surface area contributed by atoms with Crippen LogP contribution in [0.1, 0.15) is 75.5 Å². The number of fused-ring (bicyclic) bond motifs is 2. The maximum atomic E-state index is 12.3. The molecule has 8 heteroatoms. The zero-order valence-corrected chi connectivity index (χ0v) is 20.3. The molecule has 34 heavy (non-hydrogen) atoms. The molecular weight excluding hydrogens is 430 g/mol. The molecule has 1 saturated carbocycles. The van der Waals surface area contributed by atoms with Crippen LogP contribution in [-0.4, -0.2) is 33.1 Å². The number of nitrogens with zero attached hydrogens (tertiary/aromatic N) is 3. The lowest BCUT2D eigenvalue weighted by Gasteiger charge is -2.36. The number of nitrogens with two attached hydrogens (primary N) is 1. The largest absolute Gasteiger partial charge is 0.474 e. The van der Waals surface area contributed by atoms with Crippen LogP contribution >= 0.6 is 0 Å². The highest BCUT2D eigenvalue weighted by molar-refractivity contribution is 5.93. The van der Waals surface area contributed by atoms with Crippen molar-refractivity contribution < 1.29 is 14.3 Å². The highest BCUT2D eigenvalue weighted by Gasteiger charge is 2.41. The first-order valence-electron chi connectivity index (χ1n) is 11.8. The molecule has 0 saturated heterocycles. The molecule has 178 valence electrons. The summed E-state index contributed by atoms with van der Waals surface area (Å²) in [4.78, 5) is 26.3. The van der Waals surface area contributed by atoms with E-state index in [0.29, 0.717) is 28.8 Å². The zero-order chi connectivity index (χ0) is 24.3. The van der Waals surface area contributed by atoms with E-state index in [9.17, 15) is 4.79 Å². The normalized spacial score (nSPS) is 20.9. The van der Waals surface area contributed by atoms with E-state index in [1.807, 2.05) is 40.0 Å². The highest BCUT2D eigenvalue weighted by atomic mass is 16.5. The Morgan fingerprint density at radius 3 is 2.68 bits per heavy atom. The summed E-state index contributed by atoms with van der Waals surface area (Å²) in [5.74, 6) is 1.48. The molecule has 2 aliphatic rings. The number of anilines is 2. The summed E-state index contributed by atoms with van der Waals surface area (Å²) in [6, 6.07) is 5.49. The smallest absolute Gasteiger partial charge is 0.340 e. The van der Waals surface area contributed by atoms with Gasteiger partial charge in [-0.15, -0.1) is 0 Å². The van der Waals surface area contributed by atoms with Gasteiger partial charge in [-0.1, -0.05) is 20.8 Å². The first-order chi connectivity index (χ1) is 16.1. The molecule has 2 atom stereocenters. The Kier molecular flexibility index (Phi) is 5.24. The van der Waals surface area contributed by atoms with E-state index < -0.39 is 11.0 Å². The number of hydrogen-bond acceptors (Lipinski definition) is 8. The number of nitrogens with one attached hydrogen (secondary N) is 1. The van der Waals surface area contributed by atoms with Gasteiger partial charge < -0.3 is 20.5 Å². The first kappa shape index (κ1) is 22.5. The molecule has 0 amide bonds. The second-order valence-electron chi connectivity index (χ2n) is 10.2. The quantitative estimate of drug-likeness (QED) is 0.507. The molecule has 3 aromatic heterocycles. The fourth-order valence-corrected chi connectivity index (χ4v) is 4.14. The van der Waals surface area contributed by atoms with Gasteiger partial charge in [-0.05, 0) is 62.3 Å². The highest BCUT2D eigenvalue weighted by Crippen LogP contribution is 2.38. The Bertz CT molecular complexity index is 1280. The molecule has 0 aromatic carbocycles. The van der Waals surface area contributed by atoms with Crippen LogP contribution in [0.25, 0.3) is 10.8 Å². The molecule has 4 heterocycles. The second kappa shape index (κ2) is 7.91. The maximum absolute atomic E-state index is 12.3. The fourth-order valence-electron chi connectivity index (χ4n) is 4.14. The van der Waals surface area contributed by atoms with Crippen molar-refractivity contribution in [2.24, 2.45) is 5.73 Å². The molecule has 0 spiro atoms. The fraction of sp³-hybridized carbons (Fsp3) is 0.462. The standard InChI is InChI=1S/C26H31N5O3/c1-6-26(5,27)19-13-29-23(34-15-7-8-15)18-12-28-21(11-17(18)19)30-20-10-9-16-22(31-20)25(3,4)14(2)33-24(16)32/h9-15H,6-8,27H2,1-5H3,(H,28,30,31)/t14-,26+/m1/s1. The van der Waals surface area contributed by atoms with Gasteiger partial charge in [0, 0.05) is 23.3 Å². The van der Waals surface area contributed by atoms with Crippen LogP contribution in [-0.2, 0) is 15.7 Å². The van der Waals surface area contributed by atoms with Crippen molar-refractivity contribution in [2.45, 2.75) is 77.0 Å². The third-order valence-corrected chi connectivity index (χ3v) is 7.17. The minimum absolute atomic E-state index is 0.229. The van der Waals surface area contributed by atoms with Crippen molar-refractivity contribution in [3.05, 3.63) is 47.4 Å². The summed E-state index contributed by atoms with van der Waals surface area (Å²) >= 11 is 0. The van der Waals surface area contributed by atoms with Gasteiger partial charge in [-0.25, -0.2) is 19.7 Å². The van der Waals surface area contributed by atoms with Crippen LogP contribution in [0.5, 0.6) is 5.88 Å². The minimum atomic E-state index is -0.549. The number of esters is 1. The molecule has 0 radical (unpaired) electrons. The van der Waals surface area contributed by atoms with E-state index in [1.165, 1.54) is 0 Å². The van der Waals surface area contributed by atoms with E-state index >= 15 is 0 Å². The van der Waals surface area contributed by atoms with Crippen LogP contribution in [0.15, 0.2) is 30.6 Å². The number of carbonyl (C=O) groups excluding carboxylic acids is 1. The average Bonchev–Trinajstić information content (AvgIpc) is 3.62. The van der Waals surface area contributed by atoms with Crippen molar-refractivity contribution >= 4 is 28.4 Å². The van der Waals surface area contributed by atoms with E-state index in [-0.39, 0.29) is 18.2 Å². The Morgan fingerprint density at radius 2 is 1.97 bits per heavy atom. The molecule has 1 fully saturated rings. The summed E-state index contributed by atoms with van der Waals surface area (Å²) in [6.07, 6.45) is 6.41. The van der Waals surface area contributed by atoms with Gasteiger partial charge in [0.1, 0.15) is 23.8 Å². The number of ether oxygens (including phenoxy) is 2. The number of aromatic nitrogens is 3. The topological polar surface area (TPSA) is 112 Å². The first-order valence-corrected chi connectivity index (χ1v) is 11.8. The van der Waals surface area contributed by atoms with Gasteiger partial charge in [0.25, 0.3) is 0 Å². The van der Waals surface area contributed by atoms with Gasteiger partial charge in [0.05, 0.1) is 16.6 Å². The van der Waals surface area contributed by atoms with Gasteiger partial charge in [-0.3, -0.25) is 0 Å². The van der Waals surface area contributed by atoms with Gasteiger partial charge in [-0.2, -0.15) is 0 Å². The van der Waals surface area contributed by atoms with Gasteiger partial charge in [0.15, 0.2) is 0 Å². The SMILES string of the molecule is CC[C@](C)(N)c1cnc(OC2CC2)c2cnc(Nc3ccc4c(n3)C(C)(C)[C@@H](C)OC4=O)cc12. The van der Waals surface area contributed by atoms with Crippen molar-refractivity contribution in [3.63, 3.8) is 0 Å². The molecule has 0 unspecified atom stereocenters. The molecule has 3 aromatic rings. The van der Waals surface area contributed by atoms with Crippen molar-refractivity contribution in [1.82, 2.24) is 15.0 Å². The predicted octanol–water partition coefficient (Wildman–Crippen LogP) is 4.73. The number of pyridine rings is 3. The van der Waals surface area contributed by atoms with Crippen LogP contribution < -0.4 is 15.8 Å². The Hall–Kier alpha value is -3.26. The number of cyclic esters (lactones) is 1. The molecule has 1 aliphatic carbocycles. The van der Waals surface area contributed by atoms with E-state index in [0.717, 1.165) is 35.6 Å². The van der Waals surface area contributed by atoms with Crippen LogP contribution in [0, 0.1) is 0 Å². The molecule has 8 nitrogen and oxygen atoms in total. The lowest BCUT2D eigenvalue weighted by Crippen LogP contribution is -2.42. The molecule has 0 bridgehead atoms. The van der Waals surface area contributed by atoms with E-state index in [4.69, 9.17) is 20.2 Å². The zero-order valence-electron chi connectivity index (χ0n) is 20.3. The Morgan fingerprint density at radius 1 is 1.21 bits per heavy atom. The predicted molar refractivity (Wildman–Crippen MR) is 130 cm³/mol. The van der Waals surface area contributed by atoms with Crippen LogP contribution in [0.3, 0.4) is 0 Å². The Balaban J connectivity index is 1.55. The van der Waals surface area contributed by atoms with Crippen molar-refractivity contribution in [1.29, 1.82) is 0 Å². The second-order valence-corrected chi connectivity index (χ2v) is 10.2. The summed E-state index contributed by atoms with van der Waals surface area (Å²) in [5.41, 5.74) is 7.82. The molecule has 5 rings (SSSR count). The van der Waals surface area contributed by atoms with Crippen molar-refractivity contribution in [2.75, 3.05) is 5.32 Å². The van der Waals surface area contributed by atoms with Gasteiger partial charge >= 0.3 is 5.97 Å². The van der Waals surface area contributed by atoms with Gasteiger partial charge in [0.2, 0.25) is 5.88 Å². The number of hydrogen-bond donors (Lipinski definition) is 2. The monoisotopic (exact) mass is 461 g/mol. The average molecular weight is 462 g/mol. The lowest BCUT2D eigenvalue weighted by molar-refractivity contribution is 0.00864. The summed E-state index contributed by atoms with van der Waals surface area (Å²) in [5, 5.41) is 5.10. The lowest BCUT2D eigenvalue weighted by atomic mass is 9.79. The minimum Gasteiger partial charge on any atom is -0.474 e. The van der Waals surface area contributed by atoms with E-state index in [1.54, 1.807) is 18.3 Å². The summed E-state index contributed by atoms with van der Waals surface area (Å²) < 4.78 is 11.5. The molecular formula is C26H31N5O3. The molecule has 3 N–H and O–H groups in total. The maximum Gasteiger partial charge on any atom is 0.340 e. The van der Waals surface area contributed by atoms with Crippen LogP contribution in [0.2, 0.25) is 0 Å².